The van der Waals surface area contributed by atoms with Crippen LogP contribution >= 0.6 is 0 Å². The van der Waals surface area contributed by atoms with Gasteiger partial charge >= 0.3 is 5.97 Å². The van der Waals surface area contributed by atoms with E-state index in [0.717, 1.165) is 38.4 Å². The lowest BCUT2D eigenvalue weighted by atomic mass is 10.3. The summed E-state index contributed by atoms with van der Waals surface area (Å²) < 4.78 is 5.29. The predicted molar refractivity (Wildman–Crippen MR) is 70.2 cm³/mol. The number of carboxylic acids is 1. The van der Waals surface area contributed by atoms with Gasteiger partial charge in [0.15, 0.2) is 5.82 Å². The van der Waals surface area contributed by atoms with E-state index >= 15 is 0 Å². The maximum atomic E-state index is 10.7. The van der Waals surface area contributed by atoms with Crippen LogP contribution in [-0.4, -0.2) is 63.7 Å². The van der Waals surface area contributed by atoms with Crippen molar-refractivity contribution in [3.63, 3.8) is 0 Å². The molecule has 0 amide bonds. The molecule has 1 N–H and O–H groups in total. The summed E-state index contributed by atoms with van der Waals surface area (Å²) in [5, 5.41) is 12.9. The van der Waals surface area contributed by atoms with Crippen molar-refractivity contribution in [3.8, 4) is 0 Å². The van der Waals surface area contributed by atoms with Gasteiger partial charge in [-0.3, -0.25) is 14.6 Å². The quantitative estimate of drug-likeness (QED) is 0.842. The van der Waals surface area contributed by atoms with Gasteiger partial charge in [-0.15, -0.1) is 0 Å². The monoisotopic (exact) mass is 280 g/mol. The summed E-state index contributed by atoms with van der Waals surface area (Å²) in [5.41, 5.74) is 0. The molecule has 2 fully saturated rings. The number of aliphatic carboxylic acids is 1. The molecular formula is C13H20N4O3. The number of hydrogen-bond donors (Lipinski definition) is 1. The van der Waals surface area contributed by atoms with Gasteiger partial charge in [0.1, 0.15) is 0 Å². The second-order valence-electron chi connectivity index (χ2n) is 5.62. The van der Waals surface area contributed by atoms with Gasteiger partial charge < -0.3 is 9.63 Å². The molecule has 3 rings (SSSR count). The van der Waals surface area contributed by atoms with Crippen LogP contribution in [0.5, 0.6) is 0 Å². The van der Waals surface area contributed by atoms with Crippen LogP contribution in [0, 0.1) is 0 Å². The Bertz CT molecular complexity index is 472. The minimum absolute atomic E-state index is 0.125. The first-order valence-corrected chi connectivity index (χ1v) is 7.19. The Morgan fingerprint density at radius 3 is 2.75 bits per heavy atom. The number of rotatable bonds is 5. The minimum atomic E-state index is -0.760. The highest BCUT2D eigenvalue weighted by Gasteiger charge is 2.29. The van der Waals surface area contributed by atoms with Crippen molar-refractivity contribution in [1.82, 2.24) is 19.9 Å². The summed E-state index contributed by atoms with van der Waals surface area (Å²) in [6, 6.07) is 0. The Kier molecular flexibility index (Phi) is 3.98. The summed E-state index contributed by atoms with van der Waals surface area (Å²) in [5.74, 6) is 1.29. The fourth-order valence-electron chi connectivity index (χ4n) is 2.56. The van der Waals surface area contributed by atoms with Crippen molar-refractivity contribution >= 4 is 5.97 Å². The first-order chi connectivity index (χ1) is 9.70. The Morgan fingerprint density at radius 2 is 2.00 bits per heavy atom. The molecule has 2 heterocycles. The maximum Gasteiger partial charge on any atom is 0.317 e. The second-order valence-corrected chi connectivity index (χ2v) is 5.62. The van der Waals surface area contributed by atoms with Crippen molar-refractivity contribution in [1.29, 1.82) is 0 Å². The number of aromatic nitrogens is 2. The van der Waals surface area contributed by atoms with Crippen molar-refractivity contribution < 1.29 is 14.4 Å². The summed E-state index contributed by atoms with van der Waals surface area (Å²) in [6.07, 6.45) is 3.32. The van der Waals surface area contributed by atoms with Gasteiger partial charge in [0, 0.05) is 25.6 Å². The van der Waals surface area contributed by atoms with Crippen LogP contribution in [0.25, 0.3) is 0 Å². The fraction of sp³-hybridized carbons (Fsp3) is 0.769. The van der Waals surface area contributed by atoms with Crippen LogP contribution < -0.4 is 0 Å². The highest BCUT2D eigenvalue weighted by molar-refractivity contribution is 5.69. The molecule has 7 heteroatoms. The molecule has 0 spiro atoms. The van der Waals surface area contributed by atoms with Crippen LogP contribution in [0.15, 0.2) is 4.52 Å². The molecule has 0 radical (unpaired) electrons. The molecule has 0 bridgehead atoms. The molecular weight excluding hydrogens is 260 g/mol. The van der Waals surface area contributed by atoms with Gasteiger partial charge in [0.25, 0.3) is 0 Å². The van der Waals surface area contributed by atoms with Gasteiger partial charge in [-0.1, -0.05) is 5.16 Å². The lowest BCUT2D eigenvalue weighted by molar-refractivity contribution is -0.138. The van der Waals surface area contributed by atoms with Crippen LogP contribution in [0.4, 0.5) is 0 Å². The van der Waals surface area contributed by atoms with Gasteiger partial charge in [-0.25, -0.2) is 0 Å². The third-order valence-electron chi connectivity index (χ3n) is 3.83. The van der Waals surface area contributed by atoms with Crippen LogP contribution in [0.3, 0.4) is 0 Å². The Hall–Kier alpha value is -1.47. The van der Waals surface area contributed by atoms with E-state index < -0.39 is 5.97 Å². The highest BCUT2D eigenvalue weighted by atomic mass is 16.5. The molecule has 1 aromatic heterocycles. The minimum Gasteiger partial charge on any atom is -0.480 e. The number of carboxylic acid groups (broad SMARTS) is 1. The fourth-order valence-corrected chi connectivity index (χ4v) is 2.56. The van der Waals surface area contributed by atoms with Crippen LogP contribution in [0.2, 0.25) is 0 Å². The molecule has 20 heavy (non-hydrogen) atoms. The standard InChI is InChI=1S/C13H20N4O3/c18-12(19)9-17-5-1-4-16(6-7-17)8-11-14-13(15-20-11)10-2-3-10/h10H,1-9H2,(H,18,19). The van der Waals surface area contributed by atoms with E-state index in [1.165, 1.54) is 12.8 Å². The molecule has 1 saturated carbocycles. The lowest BCUT2D eigenvalue weighted by Crippen LogP contribution is -2.34. The second kappa shape index (κ2) is 5.88. The first-order valence-electron chi connectivity index (χ1n) is 7.19. The third-order valence-corrected chi connectivity index (χ3v) is 3.83. The zero-order valence-electron chi connectivity index (χ0n) is 11.5. The Morgan fingerprint density at radius 1 is 1.25 bits per heavy atom. The van der Waals surface area contributed by atoms with Crippen molar-refractivity contribution in [2.75, 3.05) is 32.7 Å². The summed E-state index contributed by atoms with van der Waals surface area (Å²) in [7, 11) is 0. The van der Waals surface area contributed by atoms with Crippen molar-refractivity contribution in [2.24, 2.45) is 0 Å². The van der Waals surface area contributed by atoms with Crippen LogP contribution in [0.1, 0.15) is 36.9 Å². The topological polar surface area (TPSA) is 82.7 Å². The first kappa shape index (κ1) is 13.5. The molecule has 1 saturated heterocycles. The predicted octanol–water partition coefficient (Wildman–Crippen LogP) is 0.539. The zero-order chi connectivity index (χ0) is 13.9. The molecule has 110 valence electrons. The van der Waals surface area contributed by atoms with Crippen LogP contribution in [-0.2, 0) is 11.3 Å². The van der Waals surface area contributed by atoms with E-state index in [-0.39, 0.29) is 6.54 Å². The average Bonchev–Trinajstić information content (AvgIpc) is 3.17. The number of hydrogen-bond acceptors (Lipinski definition) is 6. The number of carbonyl (C=O) groups is 1. The molecule has 0 unspecified atom stereocenters. The molecule has 1 aromatic rings. The Labute approximate surface area is 117 Å². The van der Waals surface area contributed by atoms with Gasteiger partial charge in [0.2, 0.25) is 5.89 Å². The lowest BCUT2D eigenvalue weighted by Gasteiger charge is -2.18. The van der Waals surface area contributed by atoms with Gasteiger partial charge in [-0.2, -0.15) is 4.98 Å². The molecule has 2 aliphatic rings. The maximum absolute atomic E-state index is 10.7. The Balaban J connectivity index is 1.51. The molecule has 1 aliphatic carbocycles. The number of nitrogens with zero attached hydrogens (tertiary/aromatic N) is 4. The summed E-state index contributed by atoms with van der Waals surface area (Å²) in [6.45, 7) is 4.18. The van der Waals surface area contributed by atoms with Crippen molar-refractivity contribution in [2.45, 2.75) is 31.7 Å². The third kappa shape index (κ3) is 3.55. The van der Waals surface area contributed by atoms with E-state index in [0.29, 0.717) is 18.4 Å². The van der Waals surface area contributed by atoms with E-state index in [9.17, 15) is 4.79 Å². The molecule has 0 aromatic carbocycles. The van der Waals surface area contributed by atoms with Gasteiger partial charge in [-0.05, 0) is 25.8 Å². The summed E-state index contributed by atoms with van der Waals surface area (Å²) in [4.78, 5) is 19.4. The van der Waals surface area contributed by atoms with E-state index in [1.807, 2.05) is 4.90 Å². The van der Waals surface area contributed by atoms with Gasteiger partial charge in [0.05, 0.1) is 13.1 Å². The van der Waals surface area contributed by atoms with E-state index in [4.69, 9.17) is 9.63 Å². The zero-order valence-corrected chi connectivity index (χ0v) is 11.5. The molecule has 7 nitrogen and oxygen atoms in total. The smallest absolute Gasteiger partial charge is 0.317 e. The largest absolute Gasteiger partial charge is 0.480 e. The molecule has 0 atom stereocenters. The summed E-state index contributed by atoms with van der Waals surface area (Å²) >= 11 is 0. The van der Waals surface area contributed by atoms with E-state index in [2.05, 4.69) is 15.0 Å². The normalized spacial score (nSPS) is 21.8. The molecule has 1 aliphatic heterocycles. The SMILES string of the molecule is O=C(O)CN1CCCN(Cc2nc(C3CC3)no2)CC1. The highest BCUT2D eigenvalue weighted by Crippen LogP contribution is 2.38. The van der Waals surface area contributed by atoms with Crippen molar-refractivity contribution in [3.05, 3.63) is 11.7 Å². The average molecular weight is 280 g/mol. The van der Waals surface area contributed by atoms with E-state index in [1.54, 1.807) is 0 Å².